The molecule has 2 rings (SSSR count). The van der Waals surface area contributed by atoms with Crippen molar-refractivity contribution in [2.24, 2.45) is 5.73 Å². The van der Waals surface area contributed by atoms with Crippen LogP contribution in [0, 0.1) is 0 Å². The van der Waals surface area contributed by atoms with Gasteiger partial charge in [0.2, 0.25) is 0 Å². The van der Waals surface area contributed by atoms with Gasteiger partial charge in [-0.1, -0.05) is 18.2 Å². The molecule has 0 saturated carbocycles. The van der Waals surface area contributed by atoms with E-state index in [-0.39, 0.29) is 23.4 Å². The molecular formula is C11H10ClF5N2. The van der Waals surface area contributed by atoms with E-state index in [0.29, 0.717) is 5.52 Å². The highest BCUT2D eigenvalue weighted by atomic mass is 35.5. The van der Waals surface area contributed by atoms with Crippen LogP contribution in [0.4, 0.5) is 22.0 Å². The van der Waals surface area contributed by atoms with Gasteiger partial charge in [0.05, 0.1) is 0 Å². The maximum Gasteiger partial charge on any atom is 0.455 e. The number of nitrogens with one attached hydrogen (secondary N) is 1. The zero-order chi connectivity index (χ0) is 13.6. The van der Waals surface area contributed by atoms with E-state index < -0.39 is 18.1 Å². The zero-order valence-electron chi connectivity index (χ0n) is 9.34. The molecular weight excluding hydrogens is 291 g/mol. The first-order chi connectivity index (χ1) is 8.25. The van der Waals surface area contributed by atoms with Gasteiger partial charge in [-0.05, 0) is 6.07 Å². The largest absolute Gasteiger partial charge is 0.455 e. The van der Waals surface area contributed by atoms with Crippen molar-refractivity contribution >= 4 is 23.3 Å². The minimum atomic E-state index is -5.68. The molecule has 0 aliphatic heterocycles. The molecule has 0 spiro atoms. The Morgan fingerprint density at radius 2 is 1.63 bits per heavy atom. The maximum atomic E-state index is 13.2. The number of hydrogen-bond donors (Lipinski definition) is 2. The molecule has 1 atom stereocenters. The Morgan fingerprint density at radius 3 is 2.21 bits per heavy atom. The summed E-state index contributed by atoms with van der Waals surface area (Å²) in [6.07, 6.45) is -4.60. The van der Waals surface area contributed by atoms with Crippen molar-refractivity contribution in [3.63, 3.8) is 0 Å². The number of aromatic amines is 1. The summed E-state index contributed by atoms with van der Waals surface area (Å²) < 4.78 is 63.0. The minimum absolute atomic E-state index is 0. The second-order valence-corrected chi connectivity index (χ2v) is 3.89. The van der Waals surface area contributed by atoms with Gasteiger partial charge in [-0.2, -0.15) is 22.0 Å². The number of halogens is 6. The van der Waals surface area contributed by atoms with E-state index in [4.69, 9.17) is 5.73 Å². The van der Waals surface area contributed by atoms with Gasteiger partial charge in [0.1, 0.15) is 6.04 Å². The smallest absolute Gasteiger partial charge is 0.361 e. The van der Waals surface area contributed by atoms with Crippen LogP contribution in [0.25, 0.3) is 10.9 Å². The van der Waals surface area contributed by atoms with Crippen LogP contribution in [0.3, 0.4) is 0 Å². The van der Waals surface area contributed by atoms with Crippen molar-refractivity contribution in [1.82, 2.24) is 4.98 Å². The fraction of sp³-hybridized carbons (Fsp3) is 0.273. The number of alkyl halides is 5. The van der Waals surface area contributed by atoms with Gasteiger partial charge in [0.25, 0.3) is 0 Å². The van der Waals surface area contributed by atoms with Crippen molar-refractivity contribution in [3.8, 4) is 0 Å². The third-order valence-electron chi connectivity index (χ3n) is 2.72. The molecule has 0 saturated heterocycles. The molecule has 0 aliphatic carbocycles. The molecule has 106 valence electrons. The van der Waals surface area contributed by atoms with E-state index >= 15 is 0 Å². The van der Waals surface area contributed by atoms with E-state index in [1.54, 1.807) is 12.1 Å². The number of benzene rings is 1. The van der Waals surface area contributed by atoms with Crippen LogP contribution in [-0.2, 0) is 0 Å². The summed E-state index contributed by atoms with van der Waals surface area (Å²) in [6.45, 7) is 0. The highest BCUT2D eigenvalue weighted by Crippen LogP contribution is 2.44. The Bertz CT molecular complexity index is 563. The predicted molar refractivity (Wildman–Crippen MR) is 63.5 cm³/mol. The van der Waals surface area contributed by atoms with E-state index in [0.717, 1.165) is 6.20 Å². The monoisotopic (exact) mass is 300 g/mol. The molecule has 0 fully saturated rings. The molecule has 1 heterocycles. The van der Waals surface area contributed by atoms with Crippen LogP contribution in [0.15, 0.2) is 30.5 Å². The fourth-order valence-corrected chi connectivity index (χ4v) is 1.72. The first-order valence-electron chi connectivity index (χ1n) is 5.01. The van der Waals surface area contributed by atoms with Gasteiger partial charge in [0, 0.05) is 22.7 Å². The van der Waals surface area contributed by atoms with Crippen LogP contribution in [0.1, 0.15) is 11.6 Å². The SMILES string of the molecule is Cl.N[C@@H](c1c[nH]c2ccccc12)C(F)(F)C(F)(F)F. The lowest BCUT2D eigenvalue weighted by molar-refractivity contribution is -0.290. The molecule has 19 heavy (non-hydrogen) atoms. The Balaban J connectivity index is 0.00000180. The molecule has 1 aromatic carbocycles. The Kier molecular flexibility index (Phi) is 4.11. The molecule has 0 bridgehead atoms. The molecule has 0 amide bonds. The van der Waals surface area contributed by atoms with Gasteiger partial charge >= 0.3 is 12.1 Å². The van der Waals surface area contributed by atoms with Gasteiger partial charge < -0.3 is 10.7 Å². The molecule has 1 aromatic heterocycles. The lowest BCUT2D eigenvalue weighted by Crippen LogP contribution is -2.45. The lowest BCUT2D eigenvalue weighted by Gasteiger charge is -2.25. The number of rotatable bonds is 2. The topological polar surface area (TPSA) is 41.8 Å². The van der Waals surface area contributed by atoms with Crippen LogP contribution in [-0.4, -0.2) is 17.1 Å². The number of nitrogens with two attached hydrogens (primary N) is 1. The molecule has 0 aliphatic rings. The molecule has 8 heteroatoms. The van der Waals surface area contributed by atoms with Crippen molar-refractivity contribution < 1.29 is 22.0 Å². The van der Waals surface area contributed by atoms with E-state index in [2.05, 4.69) is 4.98 Å². The number of para-hydroxylation sites is 1. The quantitative estimate of drug-likeness (QED) is 0.814. The van der Waals surface area contributed by atoms with E-state index in [9.17, 15) is 22.0 Å². The maximum absolute atomic E-state index is 13.2. The molecule has 3 N–H and O–H groups in total. The van der Waals surface area contributed by atoms with E-state index in [1.165, 1.54) is 12.1 Å². The molecule has 2 nitrogen and oxygen atoms in total. The fourth-order valence-electron chi connectivity index (χ4n) is 1.72. The van der Waals surface area contributed by atoms with Gasteiger partial charge in [-0.15, -0.1) is 12.4 Å². The van der Waals surface area contributed by atoms with Gasteiger partial charge in [0.15, 0.2) is 0 Å². The summed E-state index contributed by atoms with van der Waals surface area (Å²) in [6, 6.07) is 3.74. The van der Waals surface area contributed by atoms with Crippen molar-refractivity contribution in [2.45, 2.75) is 18.1 Å². The number of aromatic nitrogens is 1. The standard InChI is InChI=1S/C11H9F5N2.ClH/c12-10(13,11(14,15)16)9(17)7-5-18-8-4-2-1-3-6(7)8;/h1-5,9,18H,17H2;1H/t9-;/m0./s1. The summed E-state index contributed by atoms with van der Waals surface area (Å²) in [5.41, 5.74) is 5.28. The lowest BCUT2D eigenvalue weighted by atomic mass is 10.0. The van der Waals surface area contributed by atoms with E-state index in [1.807, 2.05) is 0 Å². The van der Waals surface area contributed by atoms with Crippen molar-refractivity contribution in [1.29, 1.82) is 0 Å². The Morgan fingerprint density at radius 1 is 1.05 bits per heavy atom. The third kappa shape index (κ3) is 2.52. The Labute approximate surface area is 111 Å². The average Bonchev–Trinajstić information content (AvgIpc) is 2.70. The summed E-state index contributed by atoms with van der Waals surface area (Å²) in [5, 5.41) is 0.258. The second-order valence-electron chi connectivity index (χ2n) is 3.89. The first kappa shape index (κ1) is 15.7. The highest BCUT2D eigenvalue weighted by Gasteiger charge is 2.62. The highest BCUT2D eigenvalue weighted by molar-refractivity contribution is 5.85. The summed E-state index contributed by atoms with van der Waals surface area (Å²) in [7, 11) is 0. The molecule has 0 radical (unpaired) electrons. The van der Waals surface area contributed by atoms with Crippen molar-refractivity contribution in [2.75, 3.05) is 0 Å². The third-order valence-corrected chi connectivity index (χ3v) is 2.72. The summed E-state index contributed by atoms with van der Waals surface area (Å²) in [4.78, 5) is 2.61. The minimum Gasteiger partial charge on any atom is -0.361 e. The number of fused-ring (bicyclic) bond motifs is 1. The number of hydrogen-bond acceptors (Lipinski definition) is 1. The predicted octanol–water partition coefficient (Wildman–Crippen LogP) is 3.79. The Hall–Kier alpha value is -1.34. The average molecular weight is 301 g/mol. The number of H-pyrrole nitrogens is 1. The first-order valence-corrected chi connectivity index (χ1v) is 5.01. The normalized spacial score (nSPS) is 14.2. The molecule has 2 aromatic rings. The van der Waals surface area contributed by atoms with Crippen LogP contribution < -0.4 is 5.73 Å². The van der Waals surface area contributed by atoms with Crippen molar-refractivity contribution in [3.05, 3.63) is 36.0 Å². The summed E-state index contributed by atoms with van der Waals surface area (Å²) >= 11 is 0. The van der Waals surface area contributed by atoms with Gasteiger partial charge in [-0.25, -0.2) is 0 Å². The zero-order valence-corrected chi connectivity index (χ0v) is 10.2. The summed E-state index contributed by atoms with van der Waals surface area (Å²) in [5.74, 6) is -4.97. The molecule has 0 unspecified atom stereocenters. The van der Waals surface area contributed by atoms with Crippen LogP contribution in [0.2, 0.25) is 0 Å². The van der Waals surface area contributed by atoms with Crippen LogP contribution in [0.5, 0.6) is 0 Å². The van der Waals surface area contributed by atoms with Crippen LogP contribution >= 0.6 is 12.4 Å². The van der Waals surface area contributed by atoms with Gasteiger partial charge in [-0.3, -0.25) is 0 Å². The second kappa shape index (κ2) is 4.97.